The minimum Gasteiger partial charge on any atom is -0.424 e. The molecule has 1 aromatic rings. The molecule has 1 aliphatic rings. The van der Waals surface area contributed by atoms with Crippen LogP contribution in [0.3, 0.4) is 0 Å². The molecule has 6 nitrogen and oxygen atoms in total. The predicted molar refractivity (Wildman–Crippen MR) is 83.7 cm³/mol. The van der Waals surface area contributed by atoms with E-state index >= 15 is 0 Å². The third-order valence-corrected chi connectivity index (χ3v) is 3.36. The Kier molecular flexibility index (Phi) is 5.89. The molecule has 2 rings (SSSR count). The smallest absolute Gasteiger partial charge is 0.424 e. The third kappa shape index (κ3) is 4.82. The van der Waals surface area contributed by atoms with Gasteiger partial charge in [-0.05, 0) is 32.4 Å². The van der Waals surface area contributed by atoms with Crippen molar-refractivity contribution in [1.29, 1.82) is 0 Å². The summed E-state index contributed by atoms with van der Waals surface area (Å²) in [5, 5.41) is 4.17. The van der Waals surface area contributed by atoms with Crippen molar-refractivity contribution in [3.05, 3.63) is 23.2 Å². The second-order valence-electron chi connectivity index (χ2n) is 5.56. The Morgan fingerprint density at radius 2 is 2.00 bits per heavy atom. The van der Waals surface area contributed by atoms with E-state index in [0.717, 1.165) is 0 Å². The largest absolute Gasteiger partial charge is 0.492 e. The first-order valence-corrected chi connectivity index (χ1v) is 7.93. The molecule has 2 N–H and O–H groups in total. The number of amides is 2. The molecule has 1 heterocycles. The first-order valence-electron chi connectivity index (χ1n) is 7.55. The van der Waals surface area contributed by atoms with E-state index in [9.17, 15) is 18.0 Å². The third-order valence-electron chi connectivity index (χ3n) is 3.12. The molecular formula is C15H18ClF3N2O4. The summed E-state index contributed by atoms with van der Waals surface area (Å²) in [5.41, 5.74) is 0. The van der Waals surface area contributed by atoms with Crippen molar-refractivity contribution in [3.8, 4) is 11.5 Å². The van der Waals surface area contributed by atoms with Gasteiger partial charge in [-0.3, -0.25) is 5.32 Å². The van der Waals surface area contributed by atoms with Crippen molar-refractivity contribution < 1.29 is 32.2 Å². The molecule has 25 heavy (non-hydrogen) atoms. The second kappa shape index (κ2) is 7.57. The van der Waals surface area contributed by atoms with Gasteiger partial charge in [0.2, 0.25) is 0 Å². The van der Waals surface area contributed by atoms with Gasteiger partial charge < -0.3 is 19.5 Å². The monoisotopic (exact) mass is 382 g/mol. The zero-order chi connectivity index (χ0) is 18.7. The van der Waals surface area contributed by atoms with E-state index in [1.165, 1.54) is 18.2 Å². The Morgan fingerprint density at radius 3 is 2.64 bits per heavy atom. The highest BCUT2D eigenvalue weighted by Gasteiger charge is 2.65. The summed E-state index contributed by atoms with van der Waals surface area (Å²) < 4.78 is 55.2. The highest BCUT2D eigenvalue weighted by atomic mass is 35.5. The number of ether oxygens (including phenoxy) is 3. The summed E-state index contributed by atoms with van der Waals surface area (Å²) in [6.07, 6.45) is -4.54. The number of fused-ring (bicyclic) bond motifs is 1. The maximum absolute atomic E-state index is 13.4. The molecule has 140 valence electrons. The molecular weight excluding hydrogens is 365 g/mol. The highest BCUT2D eigenvalue weighted by Crippen LogP contribution is 2.45. The molecule has 0 spiro atoms. The van der Waals surface area contributed by atoms with Crippen molar-refractivity contribution in [2.24, 2.45) is 0 Å². The topological polar surface area (TPSA) is 68.8 Å². The molecule has 0 saturated heterocycles. The molecule has 0 aliphatic carbocycles. The lowest BCUT2D eigenvalue weighted by molar-refractivity contribution is -0.317. The van der Waals surface area contributed by atoms with Gasteiger partial charge in [0, 0.05) is 24.2 Å². The van der Waals surface area contributed by atoms with E-state index in [-0.39, 0.29) is 29.2 Å². The fourth-order valence-corrected chi connectivity index (χ4v) is 2.16. The van der Waals surface area contributed by atoms with Crippen LogP contribution in [0.2, 0.25) is 5.02 Å². The molecule has 10 heteroatoms. The first kappa shape index (κ1) is 19.5. The first-order chi connectivity index (χ1) is 11.6. The van der Waals surface area contributed by atoms with Gasteiger partial charge in [0.25, 0.3) is 0 Å². The molecule has 0 fully saturated rings. The van der Waals surface area contributed by atoms with Crippen LogP contribution in [0.15, 0.2) is 18.2 Å². The molecule has 0 unspecified atom stereocenters. The van der Waals surface area contributed by atoms with Crippen LogP contribution in [-0.4, -0.2) is 37.4 Å². The van der Waals surface area contributed by atoms with Crippen molar-refractivity contribution in [2.45, 2.75) is 38.5 Å². The average Bonchev–Trinajstić information content (AvgIpc) is 2.84. The van der Waals surface area contributed by atoms with E-state index in [2.05, 4.69) is 5.32 Å². The van der Waals surface area contributed by atoms with Gasteiger partial charge in [-0.25, -0.2) is 4.79 Å². The zero-order valence-electron chi connectivity index (χ0n) is 13.6. The Hall–Kier alpha value is -1.87. The Balaban J connectivity index is 1.97. The number of alkyl halides is 3. The summed E-state index contributed by atoms with van der Waals surface area (Å²) in [4.78, 5) is 11.8. The van der Waals surface area contributed by atoms with Gasteiger partial charge in [-0.2, -0.15) is 13.2 Å². The molecule has 0 bridgehead atoms. The number of halogens is 4. The number of urea groups is 1. The molecule has 1 atom stereocenters. The summed E-state index contributed by atoms with van der Waals surface area (Å²) in [7, 11) is 0. The van der Waals surface area contributed by atoms with Gasteiger partial charge in [-0.15, -0.1) is 0 Å². The maximum Gasteiger partial charge on any atom is 0.492 e. The fraction of sp³-hybridized carbons (Fsp3) is 0.533. The van der Waals surface area contributed by atoms with Gasteiger partial charge in [-0.1, -0.05) is 11.6 Å². The number of rotatable bonds is 6. The lowest BCUT2D eigenvalue weighted by Crippen LogP contribution is -2.66. The lowest BCUT2D eigenvalue weighted by Gasteiger charge is -2.29. The van der Waals surface area contributed by atoms with E-state index < -0.39 is 18.1 Å². The Morgan fingerprint density at radius 1 is 1.32 bits per heavy atom. The summed E-state index contributed by atoms with van der Waals surface area (Å²) >= 11 is 5.73. The zero-order valence-corrected chi connectivity index (χ0v) is 14.3. The molecule has 0 radical (unpaired) electrons. The van der Waals surface area contributed by atoms with Crippen LogP contribution < -0.4 is 20.1 Å². The van der Waals surface area contributed by atoms with E-state index in [4.69, 9.17) is 25.8 Å². The number of hydrogen-bond donors (Lipinski definition) is 2. The maximum atomic E-state index is 13.4. The normalized spacial score (nSPS) is 19.2. The number of carbonyl (C=O) groups is 1. The molecule has 2 amide bonds. The standard InChI is InChI=1S/C15H18ClF3N2O4/c1-9(2)23-7-3-6-20-13(22)21-15(14(17,18)19)24-11-5-4-10(16)8-12(11)25-15/h4-5,8-9H,3,6-7H2,1-2H3,(H2,20,21,22)/t15-/m0/s1. The van der Waals surface area contributed by atoms with Gasteiger partial charge in [0.05, 0.1) is 6.10 Å². The number of hydrogen-bond acceptors (Lipinski definition) is 4. The SMILES string of the molecule is CC(C)OCCCNC(=O)N[C@@]1(C(F)(F)F)Oc2ccc(Cl)cc2O1. The molecule has 1 aromatic carbocycles. The van der Waals surface area contributed by atoms with Gasteiger partial charge in [0.1, 0.15) is 0 Å². The van der Waals surface area contributed by atoms with Crippen LogP contribution in [0.4, 0.5) is 18.0 Å². The number of nitrogens with one attached hydrogen (secondary N) is 2. The minimum atomic E-state index is -5.02. The van der Waals surface area contributed by atoms with Crippen LogP contribution in [0, 0.1) is 0 Å². The Bertz CT molecular complexity index is 627. The number of benzene rings is 1. The fourth-order valence-electron chi connectivity index (χ4n) is 2.00. The second-order valence-corrected chi connectivity index (χ2v) is 6.00. The highest BCUT2D eigenvalue weighted by molar-refractivity contribution is 6.30. The molecule has 0 saturated carbocycles. The van der Waals surface area contributed by atoms with Gasteiger partial charge in [0.15, 0.2) is 11.5 Å². The average molecular weight is 383 g/mol. The van der Waals surface area contributed by atoms with Crippen molar-refractivity contribution in [2.75, 3.05) is 13.2 Å². The predicted octanol–water partition coefficient (Wildman–Crippen LogP) is 3.44. The lowest BCUT2D eigenvalue weighted by atomic mass is 10.3. The van der Waals surface area contributed by atoms with Crippen LogP contribution in [0.1, 0.15) is 20.3 Å². The van der Waals surface area contributed by atoms with E-state index in [1.807, 2.05) is 13.8 Å². The molecule has 1 aliphatic heterocycles. The van der Waals surface area contributed by atoms with Crippen molar-refractivity contribution in [3.63, 3.8) is 0 Å². The summed E-state index contributed by atoms with van der Waals surface area (Å²) in [5.74, 6) is -3.69. The molecule has 0 aromatic heterocycles. The van der Waals surface area contributed by atoms with Crippen molar-refractivity contribution >= 4 is 17.6 Å². The quantitative estimate of drug-likeness (QED) is 0.739. The van der Waals surface area contributed by atoms with Crippen LogP contribution in [0.25, 0.3) is 0 Å². The summed E-state index contributed by atoms with van der Waals surface area (Å²) in [6, 6.07) is 2.67. The van der Waals surface area contributed by atoms with Crippen molar-refractivity contribution in [1.82, 2.24) is 10.6 Å². The van der Waals surface area contributed by atoms with Crippen LogP contribution in [-0.2, 0) is 4.74 Å². The number of carbonyl (C=O) groups excluding carboxylic acids is 1. The summed E-state index contributed by atoms with van der Waals surface area (Å²) in [6.45, 7) is 4.21. The Labute approximate surface area is 147 Å². The minimum absolute atomic E-state index is 0.0351. The van der Waals surface area contributed by atoms with Crippen LogP contribution in [0.5, 0.6) is 11.5 Å². The van der Waals surface area contributed by atoms with Gasteiger partial charge >= 0.3 is 18.1 Å². The van der Waals surface area contributed by atoms with Crippen LogP contribution >= 0.6 is 11.6 Å². The van der Waals surface area contributed by atoms with E-state index in [0.29, 0.717) is 13.0 Å². The van der Waals surface area contributed by atoms with E-state index in [1.54, 1.807) is 5.32 Å².